The largest absolute Gasteiger partial charge is 0.387 e. The molecule has 0 spiro atoms. The maximum Gasteiger partial charge on any atom is 0.241 e. The quantitative estimate of drug-likeness (QED) is 0.637. The minimum Gasteiger partial charge on any atom is -0.387 e. The van der Waals surface area contributed by atoms with Crippen molar-refractivity contribution in [2.45, 2.75) is 31.9 Å². The molecule has 2 N–H and O–H groups in total. The normalized spacial score (nSPS) is 17.5. The van der Waals surface area contributed by atoms with Crippen molar-refractivity contribution in [2.24, 2.45) is 5.92 Å². The maximum atomic E-state index is 13.2. The lowest BCUT2D eigenvalue weighted by molar-refractivity contribution is -0.120. The van der Waals surface area contributed by atoms with Crippen LogP contribution >= 0.6 is 11.6 Å². The molecule has 1 saturated heterocycles. The number of nitrogens with zero attached hydrogens (tertiary/aromatic N) is 2. The first-order valence-electron chi connectivity index (χ1n) is 10.7. The summed E-state index contributed by atoms with van der Waals surface area (Å²) in [7, 11) is 1.95. The molecule has 1 heterocycles. The molecule has 2 unspecified atom stereocenters. The molecule has 2 atom stereocenters. The van der Waals surface area contributed by atoms with Crippen LogP contribution in [-0.4, -0.2) is 60.1 Å². The summed E-state index contributed by atoms with van der Waals surface area (Å²) in [6.07, 6.45) is 1.59. The average Bonchev–Trinajstić information content (AvgIpc) is 2.77. The second kappa shape index (κ2) is 11.0. The monoisotopic (exact) mass is 447 g/mol. The number of rotatable bonds is 8. The van der Waals surface area contributed by atoms with Gasteiger partial charge in [0.15, 0.2) is 0 Å². The van der Waals surface area contributed by atoms with Gasteiger partial charge < -0.3 is 15.3 Å². The molecule has 1 aliphatic heterocycles. The minimum atomic E-state index is -0.470. The molecular weight excluding hydrogens is 417 g/mol. The first-order chi connectivity index (χ1) is 14.8. The summed E-state index contributed by atoms with van der Waals surface area (Å²) < 4.78 is 13.2. The number of amides is 1. The topological polar surface area (TPSA) is 55.8 Å². The minimum absolute atomic E-state index is 0.167. The summed E-state index contributed by atoms with van der Waals surface area (Å²) in [5, 5.41) is 13.4. The van der Waals surface area contributed by atoms with Crippen molar-refractivity contribution in [3.05, 3.63) is 64.9 Å². The number of carbonyl (C=O) groups excluding carboxylic acids is 1. The number of aliphatic hydroxyl groups is 1. The number of nitrogens with one attached hydrogen (secondary N) is 1. The first kappa shape index (κ1) is 23.7. The molecule has 7 heteroatoms. The fourth-order valence-electron chi connectivity index (χ4n) is 3.97. The highest BCUT2D eigenvalue weighted by atomic mass is 35.5. The molecule has 2 aromatic carbocycles. The molecular formula is C24H31ClFN3O2. The number of benzene rings is 2. The number of carbonyl (C=O) groups is 1. The van der Waals surface area contributed by atoms with Crippen molar-refractivity contribution >= 4 is 23.2 Å². The SMILES string of the molecule is CC(C(=O)Nc1ccc(F)cc1Cl)N(C)CC1CCN(CC(O)c2ccccc2)CC1. The van der Waals surface area contributed by atoms with E-state index in [4.69, 9.17) is 11.6 Å². The van der Waals surface area contributed by atoms with Gasteiger partial charge in [-0.25, -0.2) is 4.39 Å². The van der Waals surface area contributed by atoms with Crippen LogP contribution in [0.15, 0.2) is 48.5 Å². The van der Waals surface area contributed by atoms with E-state index in [1.165, 1.54) is 18.2 Å². The van der Waals surface area contributed by atoms with E-state index in [0.29, 0.717) is 18.2 Å². The van der Waals surface area contributed by atoms with E-state index >= 15 is 0 Å². The summed E-state index contributed by atoms with van der Waals surface area (Å²) >= 11 is 6.01. The highest BCUT2D eigenvalue weighted by molar-refractivity contribution is 6.33. The molecule has 31 heavy (non-hydrogen) atoms. The lowest BCUT2D eigenvalue weighted by atomic mass is 9.95. The van der Waals surface area contributed by atoms with Crippen LogP contribution in [0.4, 0.5) is 10.1 Å². The third kappa shape index (κ3) is 6.74. The zero-order valence-corrected chi connectivity index (χ0v) is 18.9. The predicted molar refractivity (Wildman–Crippen MR) is 123 cm³/mol. The van der Waals surface area contributed by atoms with Crippen LogP contribution in [0.5, 0.6) is 0 Å². The van der Waals surface area contributed by atoms with Gasteiger partial charge in [0.25, 0.3) is 0 Å². The van der Waals surface area contributed by atoms with Gasteiger partial charge in [-0.15, -0.1) is 0 Å². The molecule has 1 amide bonds. The third-order valence-electron chi connectivity index (χ3n) is 6.10. The van der Waals surface area contributed by atoms with Gasteiger partial charge in [0.2, 0.25) is 5.91 Å². The van der Waals surface area contributed by atoms with E-state index in [1.807, 2.05) is 49.2 Å². The molecule has 0 aliphatic carbocycles. The Hall–Kier alpha value is -1.99. The Morgan fingerprint density at radius 1 is 1.26 bits per heavy atom. The smallest absolute Gasteiger partial charge is 0.241 e. The zero-order valence-electron chi connectivity index (χ0n) is 18.1. The number of hydrogen-bond donors (Lipinski definition) is 2. The summed E-state index contributed by atoms with van der Waals surface area (Å²) in [5.41, 5.74) is 1.36. The van der Waals surface area contributed by atoms with E-state index in [-0.39, 0.29) is 17.0 Å². The number of halogens is 2. The van der Waals surface area contributed by atoms with Crippen LogP contribution in [0.2, 0.25) is 5.02 Å². The molecule has 0 aromatic heterocycles. The molecule has 0 radical (unpaired) electrons. The van der Waals surface area contributed by atoms with E-state index in [2.05, 4.69) is 10.2 Å². The Labute approximate surface area is 188 Å². The van der Waals surface area contributed by atoms with E-state index in [1.54, 1.807) is 0 Å². The van der Waals surface area contributed by atoms with Crippen LogP contribution in [0.1, 0.15) is 31.4 Å². The highest BCUT2D eigenvalue weighted by Gasteiger charge is 2.26. The summed E-state index contributed by atoms with van der Waals surface area (Å²) in [5.74, 6) is -0.102. The van der Waals surface area contributed by atoms with Crippen molar-refractivity contribution in [3.8, 4) is 0 Å². The number of hydrogen-bond acceptors (Lipinski definition) is 4. The second-order valence-corrected chi connectivity index (χ2v) is 8.81. The fourth-order valence-corrected chi connectivity index (χ4v) is 4.18. The molecule has 1 aliphatic rings. The van der Waals surface area contributed by atoms with E-state index < -0.39 is 11.9 Å². The summed E-state index contributed by atoms with van der Waals surface area (Å²) in [6.45, 7) is 5.20. The van der Waals surface area contributed by atoms with Gasteiger partial charge in [0, 0.05) is 13.1 Å². The van der Waals surface area contributed by atoms with Crippen LogP contribution in [0, 0.1) is 11.7 Å². The average molecular weight is 448 g/mol. The number of piperidine rings is 1. The van der Waals surface area contributed by atoms with Crippen molar-refractivity contribution < 1.29 is 14.3 Å². The molecule has 168 valence electrons. The molecule has 5 nitrogen and oxygen atoms in total. The highest BCUT2D eigenvalue weighted by Crippen LogP contribution is 2.24. The van der Waals surface area contributed by atoms with Crippen LogP contribution in [0.3, 0.4) is 0 Å². The number of anilines is 1. The van der Waals surface area contributed by atoms with Gasteiger partial charge in [-0.3, -0.25) is 9.69 Å². The van der Waals surface area contributed by atoms with Crippen LogP contribution < -0.4 is 5.32 Å². The van der Waals surface area contributed by atoms with Gasteiger partial charge in [0.05, 0.1) is 22.9 Å². The van der Waals surface area contributed by atoms with Gasteiger partial charge in [-0.2, -0.15) is 0 Å². The van der Waals surface area contributed by atoms with Crippen LogP contribution in [-0.2, 0) is 4.79 Å². The molecule has 2 aromatic rings. The Balaban J connectivity index is 1.43. The van der Waals surface area contributed by atoms with Gasteiger partial charge in [0.1, 0.15) is 5.82 Å². The lowest BCUT2D eigenvalue weighted by Gasteiger charge is -2.36. The number of likely N-dealkylation sites (N-methyl/N-ethyl adjacent to an activating group) is 1. The summed E-state index contributed by atoms with van der Waals surface area (Å²) in [6, 6.07) is 13.4. The van der Waals surface area contributed by atoms with Gasteiger partial charge in [-0.1, -0.05) is 41.9 Å². The Bertz CT molecular complexity index is 859. The van der Waals surface area contributed by atoms with Crippen molar-refractivity contribution in [1.29, 1.82) is 0 Å². The Morgan fingerprint density at radius 3 is 2.58 bits per heavy atom. The first-order valence-corrected chi connectivity index (χ1v) is 11.1. The van der Waals surface area contributed by atoms with Crippen molar-refractivity contribution in [3.63, 3.8) is 0 Å². The van der Waals surface area contributed by atoms with Crippen LogP contribution in [0.25, 0.3) is 0 Å². The maximum absolute atomic E-state index is 13.2. The van der Waals surface area contributed by atoms with Crippen molar-refractivity contribution in [1.82, 2.24) is 9.80 Å². The predicted octanol–water partition coefficient (Wildman–Crippen LogP) is 4.18. The third-order valence-corrected chi connectivity index (χ3v) is 6.41. The Morgan fingerprint density at radius 2 is 1.94 bits per heavy atom. The lowest BCUT2D eigenvalue weighted by Crippen LogP contribution is -2.44. The van der Waals surface area contributed by atoms with Crippen molar-refractivity contribution in [2.75, 3.05) is 38.5 Å². The molecule has 3 rings (SSSR count). The van der Waals surface area contributed by atoms with Gasteiger partial charge in [-0.05, 0) is 69.6 Å². The number of β-amino-alcohol motifs (C(OH)–C–C–N with tert-alkyl or cyclic N) is 1. The molecule has 1 fully saturated rings. The second-order valence-electron chi connectivity index (χ2n) is 8.40. The zero-order chi connectivity index (χ0) is 22.4. The summed E-state index contributed by atoms with van der Waals surface area (Å²) in [4.78, 5) is 17.0. The molecule has 0 bridgehead atoms. The number of aliphatic hydroxyl groups excluding tert-OH is 1. The Kier molecular flexibility index (Phi) is 8.43. The van der Waals surface area contributed by atoms with E-state index in [0.717, 1.165) is 38.0 Å². The van der Waals surface area contributed by atoms with E-state index in [9.17, 15) is 14.3 Å². The fraction of sp³-hybridized carbons (Fsp3) is 0.458. The molecule has 0 saturated carbocycles. The standard InChI is InChI=1S/C24H31ClFN3O2/c1-17(24(31)27-22-9-8-20(26)14-21(22)25)28(2)15-18-10-12-29(13-11-18)16-23(30)19-6-4-3-5-7-19/h3-9,14,17-18,23,30H,10-13,15-16H2,1-2H3,(H,27,31). The van der Waals surface area contributed by atoms with Gasteiger partial charge >= 0.3 is 0 Å². The number of likely N-dealkylation sites (tertiary alicyclic amines) is 1.